The Morgan fingerprint density at radius 1 is 1.35 bits per heavy atom. The van der Waals surface area contributed by atoms with Crippen molar-refractivity contribution in [1.29, 1.82) is 0 Å². The largest absolute Gasteiger partial charge is 0.378 e. The van der Waals surface area contributed by atoms with Gasteiger partial charge in [0.15, 0.2) is 0 Å². The van der Waals surface area contributed by atoms with E-state index in [1.807, 2.05) is 0 Å². The Labute approximate surface area is 123 Å². The summed E-state index contributed by atoms with van der Waals surface area (Å²) >= 11 is 3.20. The summed E-state index contributed by atoms with van der Waals surface area (Å²) in [7, 11) is 0. The maximum atomic E-state index is 13.7. The van der Waals surface area contributed by atoms with Crippen LogP contribution < -0.4 is 5.32 Å². The monoisotopic (exact) mass is 338 g/mol. The van der Waals surface area contributed by atoms with Gasteiger partial charge in [0, 0.05) is 22.6 Å². The van der Waals surface area contributed by atoms with E-state index in [0.29, 0.717) is 15.7 Å². The molecule has 2 rings (SSSR count). The molecule has 4 nitrogen and oxygen atoms in total. The molecule has 0 radical (unpaired) electrons. The molecule has 0 amide bonds. The van der Waals surface area contributed by atoms with Gasteiger partial charge in [-0.1, -0.05) is 28.1 Å². The maximum absolute atomic E-state index is 13.7. The molecule has 0 saturated carbocycles. The molecule has 0 saturated heterocycles. The van der Waals surface area contributed by atoms with Crippen LogP contribution in [0.3, 0.4) is 0 Å². The number of nitrogens with zero attached hydrogens (tertiary/aromatic N) is 1. The quantitative estimate of drug-likeness (QED) is 0.663. The highest BCUT2D eigenvalue weighted by Crippen LogP contribution is 2.25. The summed E-state index contributed by atoms with van der Waals surface area (Å²) in [6.45, 7) is 1.97. The second kappa shape index (κ2) is 6.00. The van der Waals surface area contributed by atoms with Crippen molar-refractivity contribution < 1.29 is 9.31 Å². The van der Waals surface area contributed by atoms with E-state index in [-0.39, 0.29) is 18.0 Å². The first kappa shape index (κ1) is 14.5. The molecule has 0 bridgehead atoms. The Kier molecular flexibility index (Phi) is 4.34. The average Bonchev–Trinajstić information content (AvgIpc) is 2.39. The van der Waals surface area contributed by atoms with E-state index in [4.69, 9.17) is 0 Å². The van der Waals surface area contributed by atoms with Gasteiger partial charge in [-0.05, 0) is 30.7 Å². The summed E-state index contributed by atoms with van der Waals surface area (Å²) in [5.74, 6) is -0.371. The maximum Gasteiger partial charge on any atom is 0.275 e. The minimum absolute atomic E-state index is 0.000803. The van der Waals surface area contributed by atoms with E-state index in [1.54, 1.807) is 31.2 Å². The van der Waals surface area contributed by atoms with Gasteiger partial charge >= 0.3 is 0 Å². The third-order valence-corrected chi connectivity index (χ3v) is 3.41. The zero-order chi connectivity index (χ0) is 14.7. The first-order valence-corrected chi connectivity index (χ1v) is 6.70. The Hall–Kier alpha value is -1.95. The fraction of sp³-hybridized carbons (Fsp3) is 0.143. The molecule has 2 aromatic rings. The number of halogens is 2. The Morgan fingerprint density at radius 2 is 2.10 bits per heavy atom. The smallest absolute Gasteiger partial charge is 0.275 e. The topological polar surface area (TPSA) is 55.2 Å². The third kappa shape index (κ3) is 3.14. The first-order chi connectivity index (χ1) is 9.49. The number of hydrogen-bond acceptors (Lipinski definition) is 3. The molecule has 0 aromatic heterocycles. The van der Waals surface area contributed by atoms with Gasteiger partial charge in [-0.2, -0.15) is 0 Å². The molecule has 104 valence electrons. The SMILES string of the molecule is Cc1cccc(F)c1NCc1ccc(Br)cc1[N+](=O)[O-]. The van der Waals surface area contributed by atoms with Gasteiger partial charge in [0.1, 0.15) is 5.82 Å². The lowest BCUT2D eigenvalue weighted by atomic mass is 10.1. The van der Waals surface area contributed by atoms with Gasteiger partial charge in [-0.25, -0.2) is 4.39 Å². The highest BCUT2D eigenvalue weighted by atomic mass is 79.9. The molecule has 0 aliphatic heterocycles. The summed E-state index contributed by atoms with van der Waals surface area (Å²) < 4.78 is 14.3. The van der Waals surface area contributed by atoms with E-state index in [1.165, 1.54) is 12.1 Å². The summed E-state index contributed by atoms with van der Waals surface area (Å²) in [5, 5.41) is 13.9. The van der Waals surface area contributed by atoms with Crippen LogP contribution in [0.5, 0.6) is 0 Å². The molecular formula is C14H12BrFN2O2. The number of aryl methyl sites for hydroxylation is 1. The van der Waals surface area contributed by atoms with Crippen LogP contribution in [0.25, 0.3) is 0 Å². The number of nitro groups is 1. The minimum atomic E-state index is -0.448. The van der Waals surface area contributed by atoms with Gasteiger partial charge in [0.2, 0.25) is 0 Å². The van der Waals surface area contributed by atoms with E-state index in [2.05, 4.69) is 21.2 Å². The lowest BCUT2D eigenvalue weighted by Gasteiger charge is -2.11. The first-order valence-electron chi connectivity index (χ1n) is 5.91. The van der Waals surface area contributed by atoms with Gasteiger partial charge in [-0.3, -0.25) is 10.1 Å². The van der Waals surface area contributed by atoms with Crippen LogP contribution in [0.2, 0.25) is 0 Å². The van der Waals surface area contributed by atoms with Crippen molar-refractivity contribution in [3.63, 3.8) is 0 Å². The van der Waals surface area contributed by atoms with Crippen molar-refractivity contribution in [2.75, 3.05) is 5.32 Å². The second-order valence-electron chi connectivity index (χ2n) is 4.32. The molecular weight excluding hydrogens is 327 g/mol. The van der Waals surface area contributed by atoms with Crippen LogP contribution >= 0.6 is 15.9 Å². The van der Waals surface area contributed by atoms with Gasteiger partial charge in [-0.15, -0.1) is 0 Å². The fourth-order valence-electron chi connectivity index (χ4n) is 1.90. The fourth-order valence-corrected chi connectivity index (χ4v) is 2.24. The Balaban J connectivity index is 2.25. The van der Waals surface area contributed by atoms with Crippen molar-refractivity contribution in [3.8, 4) is 0 Å². The van der Waals surface area contributed by atoms with Crippen molar-refractivity contribution in [2.45, 2.75) is 13.5 Å². The van der Waals surface area contributed by atoms with Crippen LogP contribution in [0.15, 0.2) is 40.9 Å². The number of rotatable bonds is 4. The zero-order valence-corrected chi connectivity index (χ0v) is 12.3. The predicted molar refractivity (Wildman–Crippen MR) is 79.3 cm³/mol. The van der Waals surface area contributed by atoms with E-state index in [9.17, 15) is 14.5 Å². The van der Waals surface area contributed by atoms with Crippen LogP contribution in [0.4, 0.5) is 15.8 Å². The zero-order valence-electron chi connectivity index (χ0n) is 10.7. The summed E-state index contributed by atoms with van der Waals surface area (Å²) in [4.78, 5) is 10.6. The van der Waals surface area contributed by atoms with E-state index < -0.39 is 4.92 Å². The lowest BCUT2D eigenvalue weighted by molar-refractivity contribution is -0.385. The summed E-state index contributed by atoms with van der Waals surface area (Å²) in [6.07, 6.45) is 0. The molecule has 0 heterocycles. The third-order valence-electron chi connectivity index (χ3n) is 2.92. The number of benzene rings is 2. The van der Waals surface area contributed by atoms with E-state index in [0.717, 1.165) is 5.56 Å². The molecule has 2 aromatic carbocycles. The highest BCUT2D eigenvalue weighted by molar-refractivity contribution is 9.10. The van der Waals surface area contributed by atoms with Gasteiger partial charge in [0.25, 0.3) is 5.69 Å². The van der Waals surface area contributed by atoms with Crippen LogP contribution in [-0.4, -0.2) is 4.92 Å². The molecule has 6 heteroatoms. The number of para-hydroxylation sites is 1. The molecule has 0 spiro atoms. The number of nitro benzene ring substituents is 1. The molecule has 0 atom stereocenters. The molecule has 0 unspecified atom stereocenters. The molecule has 0 fully saturated rings. The summed E-state index contributed by atoms with van der Waals surface area (Å²) in [5.41, 5.74) is 1.62. The molecule has 20 heavy (non-hydrogen) atoms. The number of anilines is 1. The Morgan fingerprint density at radius 3 is 2.75 bits per heavy atom. The Bertz CT molecular complexity index is 641. The van der Waals surface area contributed by atoms with E-state index >= 15 is 0 Å². The predicted octanol–water partition coefficient (Wildman–Crippen LogP) is 4.42. The minimum Gasteiger partial charge on any atom is -0.378 e. The average molecular weight is 339 g/mol. The van der Waals surface area contributed by atoms with Crippen molar-refractivity contribution in [3.05, 3.63) is 67.9 Å². The van der Waals surface area contributed by atoms with Crippen LogP contribution in [-0.2, 0) is 6.54 Å². The molecule has 1 N–H and O–H groups in total. The highest BCUT2D eigenvalue weighted by Gasteiger charge is 2.14. The van der Waals surface area contributed by atoms with Crippen molar-refractivity contribution in [1.82, 2.24) is 0 Å². The van der Waals surface area contributed by atoms with Gasteiger partial charge < -0.3 is 5.32 Å². The van der Waals surface area contributed by atoms with Gasteiger partial charge in [0.05, 0.1) is 10.6 Å². The standard InChI is InChI=1S/C14H12BrFN2O2/c1-9-3-2-4-12(16)14(9)17-8-10-5-6-11(15)7-13(10)18(19)20/h2-7,17H,8H2,1H3. The van der Waals surface area contributed by atoms with Crippen LogP contribution in [0.1, 0.15) is 11.1 Å². The normalized spacial score (nSPS) is 10.3. The van der Waals surface area contributed by atoms with Crippen molar-refractivity contribution in [2.24, 2.45) is 0 Å². The number of nitrogens with one attached hydrogen (secondary N) is 1. The van der Waals surface area contributed by atoms with Crippen LogP contribution in [0, 0.1) is 22.9 Å². The molecule has 0 aliphatic rings. The van der Waals surface area contributed by atoms with Crippen molar-refractivity contribution >= 4 is 27.3 Å². The molecule has 0 aliphatic carbocycles. The summed E-state index contributed by atoms with van der Waals surface area (Å²) in [6, 6.07) is 9.56. The number of hydrogen-bond donors (Lipinski definition) is 1. The lowest BCUT2D eigenvalue weighted by Crippen LogP contribution is -2.05. The second-order valence-corrected chi connectivity index (χ2v) is 5.23.